The number of fused-ring (bicyclic) bond motifs is 1. The van der Waals surface area contributed by atoms with Crippen LogP contribution < -0.4 is 5.56 Å². The van der Waals surface area contributed by atoms with Crippen molar-refractivity contribution in [1.29, 1.82) is 0 Å². The van der Waals surface area contributed by atoms with Gasteiger partial charge < -0.3 is 14.1 Å². The molecule has 0 saturated heterocycles. The van der Waals surface area contributed by atoms with Crippen LogP contribution >= 0.6 is 0 Å². The van der Waals surface area contributed by atoms with Crippen LogP contribution in [0.5, 0.6) is 0 Å². The Morgan fingerprint density at radius 1 is 1.23 bits per heavy atom. The molecule has 0 fully saturated rings. The number of aromatic nitrogens is 1. The van der Waals surface area contributed by atoms with Gasteiger partial charge in [0.15, 0.2) is 0 Å². The van der Waals surface area contributed by atoms with Crippen molar-refractivity contribution in [3.63, 3.8) is 0 Å². The first-order valence-electron chi connectivity index (χ1n) is 6.59. The molecule has 3 aromatic rings. The molecule has 1 aromatic carbocycles. The van der Waals surface area contributed by atoms with E-state index in [2.05, 4.69) is 6.58 Å². The molecule has 0 radical (unpaired) electrons. The molecule has 0 aliphatic rings. The van der Waals surface area contributed by atoms with E-state index < -0.39 is 11.5 Å². The van der Waals surface area contributed by atoms with Crippen LogP contribution in [0.25, 0.3) is 16.5 Å². The molecule has 2 aromatic heterocycles. The predicted octanol–water partition coefficient (Wildman–Crippen LogP) is 2.89. The van der Waals surface area contributed by atoms with Gasteiger partial charge in [0.1, 0.15) is 22.8 Å². The summed E-state index contributed by atoms with van der Waals surface area (Å²) in [6.07, 6.45) is 2.70. The molecule has 3 rings (SSSR count). The summed E-state index contributed by atoms with van der Waals surface area (Å²) in [6.45, 7) is 4.05. The summed E-state index contributed by atoms with van der Waals surface area (Å²) in [4.78, 5) is 23.5. The topological polar surface area (TPSA) is 72.4 Å². The van der Waals surface area contributed by atoms with Crippen molar-refractivity contribution < 1.29 is 14.3 Å². The van der Waals surface area contributed by atoms with Crippen LogP contribution in [0.4, 0.5) is 0 Å². The van der Waals surface area contributed by atoms with Crippen LogP contribution in [0, 0.1) is 0 Å². The highest BCUT2D eigenvalue weighted by molar-refractivity contribution is 6.05. The van der Waals surface area contributed by atoms with Crippen LogP contribution in [-0.2, 0) is 7.05 Å². The Kier molecular flexibility index (Phi) is 3.18. The second-order valence-corrected chi connectivity index (χ2v) is 4.96. The number of aromatic carboxylic acids is 1. The van der Waals surface area contributed by atoms with E-state index in [1.165, 1.54) is 4.57 Å². The van der Waals surface area contributed by atoms with Crippen LogP contribution in [0.3, 0.4) is 0 Å². The van der Waals surface area contributed by atoms with Gasteiger partial charge in [0.25, 0.3) is 5.56 Å². The van der Waals surface area contributed by atoms with Crippen LogP contribution in [-0.4, -0.2) is 15.6 Å². The van der Waals surface area contributed by atoms with E-state index in [0.29, 0.717) is 11.1 Å². The predicted molar refractivity (Wildman–Crippen MR) is 83.0 cm³/mol. The molecule has 1 N–H and O–H groups in total. The minimum absolute atomic E-state index is 0.0598. The number of carboxylic acid groups (broad SMARTS) is 1. The Labute approximate surface area is 125 Å². The van der Waals surface area contributed by atoms with E-state index in [1.54, 1.807) is 13.2 Å². The third-order valence-corrected chi connectivity index (χ3v) is 3.57. The van der Waals surface area contributed by atoms with Crippen molar-refractivity contribution >= 4 is 22.5 Å². The maximum absolute atomic E-state index is 12.2. The zero-order valence-corrected chi connectivity index (χ0v) is 11.9. The first kappa shape index (κ1) is 13.9. The normalized spacial score (nSPS) is 10.8. The van der Waals surface area contributed by atoms with Gasteiger partial charge in [-0.15, -0.1) is 0 Å². The molecule has 2 heterocycles. The molecule has 110 valence electrons. The van der Waals surface area contributed by atoms with Crippen LogP contribution in [0.1, 0.15) is 21.5 Å². The summed E-state index contributed by atoms with van der Waals surface area (Å²) in [7, 11) is 1.57. The van der Waals surface area contributed by atoms with Gasteiger partial charge in [-0.2, -0.15) is 0 Å². The highest BCUT2D eigenvalue weighted by atomic mass is 16.4. The number of rotatable bonds is 3. The summed E-state index contributed by atoms with van der Waals surface area (Å²) in [5.74, 6) is -1.20. The molecular weight excluding hydrogens is 282 g/mol. The minimum atomic E-state index is -1.20. The standard InChI is InChI=1S/C17H13NO4/c1-10(11-6-4-3-5-7-11)12-8-18(2)16(19)14-13(17(20)21)9-22-15(12)14/h3-9H,1H2,2H3,(H,20,21). The number of hydrogen-bond donors (Lipinski definition) is 1. The van der Waals surface area contributed by atoms with Gasteiger partial charge in [0.05, 0.1) is 0 Å². The van der Waals surface area contributed by atoms with Gasteiger partial charge in [0.2, 0.25) is 0 Å². The monoisotopic (exact) mass is 295 g/mol. The fourth-order valence-electron chi connectivity index (χ4n) is 2.42. The Hall–Kier alpha value is -3.08. The number of carbonyl (C=O) groups is 1. The molecule has 0 aliphatic heterocycles. The van der Waals surface area contributed by atoms with E-state index in [1.807, 2.05) is 30.3 Å². The van der Waals surface area contributed by atoms with Crippen LogP contribution in [0.2, 0.25) is 0 Å². The van der Waals surface area contributed by atoms with Gasteiger partial charge in [-0.1, -0.05) is 36.9 Å². The smallest absolute Gasteiger partial charge is 0.339 e. The highest BCUT2D eigenvalue weighted by Gasteiger charge is 2.21. The first-order chi connectivity index (χ1) is 10.5. The lowest BCUT2D eigenvalue weighted by Crippen LogP contribution is -2.18. The van der Waals surface area contributed by atoms with Crippen molar-refractivity contribution in [2.24, 2.45) is 7.05 Å². The molecule has 0 atom stereocenters. The quantitative estimate of drug-likeness (QED) is 0.806. The Morgan fingerprint density at radius 3 is 2.55 bits per heavy atom. The minimum Gasteiger partial charge on any atom is -0.478 e. The van der Waals surface area contributed by atoms with Crippen molar-refractivity contribution in [2.75, 3.05) is 0 Å². The summed E-state index contributed by atoms with van der Waals surface area (Å²) in [6, 6.07) is 9.43. The third-order valence-electron chi connectivity index (χ3n) is 3.57. The lowest BCUT2D eigenvalue weighted by atomic mass is 9.99. The summed E-state index contributed by atoms with van der Waals surface area (Å²) >= 11 is 0. The molecule has 0 spiro atoms. The maximum atomic E-state index is 12.2. The van der Waals surface area contributed by atoms with Gasteiger partial charge in [-0.25, -0.2) is 4.79 Å². The summed E-state index contributed by atoms with van der Waals surface area (Å²) in [5, 5.41) is 9.26. The van der Waals surface area contributed by atoms with Gasteiger partial charge >= 0.3 is 5.97 Å². The van der Waals surface area contributed by atoms with Crippen molar-refractivity contribution in [3.8, 4) is 0 Å². The number of aryl methyl sites for hydroxylation is 1. The molecule has 5 heteroatoms. The molecule has 0 bridgehead atoms. The summed E-state index contributed by atoms with van der Waals surface area (Å²) in [5.41, 5.74) is 1.82. The fraction of sp³-hybridized carbons (Fsp3) is 0.0588. The Bertz CT molecular complexity index is 948. The zero-order valence-electron chi connectivity index (χ0n) is 11.9. The van der Waals surface area contributed by atoms with E-state index in [-0.39, 0.29) is 16.5 Å². The average molecular weight is 295 g/mol. The van der Waals surface area contributed by atoms with Crippen molar-refractivity contribution in [1.82, 2.24) is 4.57 Å². The summed E-state index contributed by atoms with van der Waals surface area (Å²) < 4.78 is 6.71. The van der Waals surface area contributed by atoms with E-state index in [4.69, 9.17) is 4.42 Å². The Morgan fingerprint density at radius 2 is 1.91 bits per heavy atom. The molecule has 0 amide bonds. The molecular formula is C17H13NO4. The van der Waals surface area contributed by atoms with Gasteiger partial charge in [-0.05, 0) is 11.1 Å². The lowest BCUT2D eigenvalue weighted by molar-refractivity contribution is 0.0698. The van der Waals surface area contributed by atoms with Gasteiger partial charge in [-0.3, -0.25) is 4.79 Å². The number of carboxylic acids is 1. The van der Waals surface area contributed by atoms with Crippen LogP contribution in [0.15, 0.2) is 58.6 Å². The second kappa shape index (κ2) is 5.04. The molecule has 0 unspecified atom stereocenters. The second-order valence-electron chi connectivity index (χ2n) is 4.96. The molecule has 22 heavy (non-hydrogen) atoms. The maximum Gasteiger partial charge on any atom is 0.339 e. The van der Waals surface area contributed by atoms with E-state index >= 15 is 0 Å². The number of benzene rings is 1. The van der Waals surface area contributed by atoms with E-state index in [0.717, 1.165) is 11.8 Å². The SMILES string of the molecule is C=C(c1ccccc1)c1cn(C)c(=O)c2c(C(=O)O)coc12. The molecule has 5 nitrogen and oxygen atoms in total. The third kappa shape index (κ3) is 2.03. The van der Waals surface area contributed by atoms with E-state index in [9.17, 15) is 14.7 Å². The number of pyridine rings is 1. The Balaban J connectivity index is 2.32. The largest absolute Gasteiger partial charge is 0.478 e. The van der Waals surface area contributed by atoms with Crippen molar-refractivity contribution in [2.45, 2.75) is 0 Å². The average Bonchev–Trinajstić information content (AvgIpc) is 2.96. The zero-order chi connectivity index (χ0) is 15.9. The van der Waals surface area contributed by atoms with Crippen molar-refractivity contribution in [3.05, 3.63) is 76.4 Å². The molecule has 0 saturated carbocycles. The number of hydrogen-bond acceptors (Lipinski definition) is 3. The number of nitrogens with zero attached hydrogens (tertiary/aromatic N) is 1. The van der Waals surface area contributed by atoms with Gasteiger partial charge in [0, 0.05) is 18.8 Å². The lowest BCUT2D eigenvalue weighted by Gasteiger charge is -2.09. The number of furan rings is 1. The molecule has 0 aliphatic carbocycles. The first-order valence-corrected chi connectivity index (χ1v) is 6.59. The highest BCUT2D eigenvalue weighted by Crippen LogP contribution is 2.29. The fourth-order valence-corrected chi connectivity index (χ4v) is 2.42.